The van der Waals surface area contributed by atoms with Gasteiger partial charge in [-0.05, 0) is 37.8 Å². The van der Waals surface area contributed by atoms with Crippen molar-refractivity contribution in [2.75, 3.05) is 20.2 Å². The number of aryl methyl sites for hydroxylation is 1. The van der Waals surface area contributed by atoms with Gasteiger partial charge in [0.25, 0.3) is 5.91 Å². The van der Waals surface area contributed by atoms with Gasteiger partial charge in [0.15, 0.2) is 5.89 Å². The van der Waals surface area contributed by atoms with E-state index < -0.39 is 0 Å². The van der Waals surface area contributed by atoms with Gasteiger partial charge in [-0.3, -0.25) is 9.89 Å². The Morgan fingerprint density at radius 3 is 3.06 bits per heavy atom. The van der Waals surface area contributed by atoms with Gasteiger partial charge in [0.05, 0.1) is 19.2 Å². The lowest BCUT2D eigenvalue weighted by molar-refractivity contribution is 0.0692. The number of unbranched alkanes of at least 4 members (excludes halogenated alkanes) is 1. The summed E-state index contributed by atoms with van der Waals surface area (Å²) >= 11 is 0. The maximum absolute atomic E-state index is 13.0. The van der Waals surface area contributed by atoms with E-state index in [4.69, 9.17) is 9.15 Å². The number of piperidine rings is 1. The summed E-state index contributed by atoms with van der Waals surface area (Å²) in [5.41, 5.74) is 2.58. The van der Waals surface area contributed by atoms with Crippen molar-refractivity contribution in [1.29, 1.82) is 0 Å². The first-order valence-electron chi connectivity index (χ1n) is 11.1. The summed E-state index contributed by atoms with van der Waals surface area (Å²) in [4.78, 5) is 19.4. The molecule has 2 aromatic heterocycles. The van der Waals surface area contributed by atoms with Crippen LogP contribution in [0.25, 0.3) is 0 Å². The van der Waals surface area contributed by atoms with Gasteiger partial charge in [-0.2, -0.15) is 5.10 Å². The molecule has 0 aliphatic carbocycles. The normalized spacial score (nSPS) is 16.5. The number of ether oxygens (including phenoxy) is 1. The molecule has 0 unspecified atom stereocenters. The predicted molar refractivity (Wildman–Crippen MR) is 117 cm³/mol. The monoisotopic (exact) mass is 422 g/mol. The molecule has 3 aromatic rings. The largest absolute Gasteiger partial charge is 0.496 e. The van der Waals surface area contributed by atoms with Gasteiger partial charge in [0.2, 0.25) is 0 Å². The van der Waals surface area contributed by atoms with Crippen LogP contribution in [0.3, 0.4) is 0 Å². The van der Waals surface area contributed by atoms with Crippen LogP contribution in [-0.4, -0.2) is 46.2 Å². The fraction of sp³-hybridized carbons (Fsp3) is 0.458. The van der Waals surface area contributed by atoms with E-state index in [9.17, 15) is 4.79 Å². The van der Waals surface area contributed by atoms with Crippen molar-refractivity contribution in [2.45, 2.75) is 51.4 Å². The number of H-pyrrole nitrogens is 1. The molecule has 0 saturated carbocycles. The Kier molecular flexibility index (Phi) is 6.70. The van der Waals surface area contributed by atoms with E-state index in [1.165, 1.54) is 0 Å². The molecule has 1 N–H and O–H groups in total. The Balaban J connectivity index is 1.41. The van der Waals surface area contributed by atoms with E-state index in [-0.39, 0.29) is 11.8 Å². The number of oxazole rings is 1. The number of aromatic nitrogens is 3. The Morgan fingerprint density at radius 2 is 2.23 bits per heavy atom. The minimum absolute atomic E-state index is 0.0236. The molecular formula is C24H30N4O3. The van der Waals surface area contributed by atoms with E-state index in [0.29, 0.717) is 24.6 Å². The summed E-state index contributed by atoms with van der Waals surface area (Å²) in [6, 6.07) is 9.80. The fourth-order valence-electron chi connectivity index (χ4n) is 4.12. The first kappa shape index (κ1) is 21.2. The molecule has 0 bridgehead atoms. The zero-order chi connectivity index (χ0) is 21.6. The van der Waals surface area contributed by atoms with Crippen molar-refractivity contribution in [3.8, 4) is 5.75 Å². The fourth-order valence-corrected chi connectivity index (χ4v) is 4.12. The van der Waals surface area contributed by atoms with Crippen LogP contribution in [0.5, 0.6) is 5.75 Å². The number of rotatable bonds is 8. The third-order valence-electron chi connectivity index (χ3n) is 5.84. The standard InChI is InChI=1S/C24H30N4O3/c1-3-4-10-19-14-21(27-26-19)24(29)28-12-7-9-18(16-28)23-25-15-20(31-23)13-17-8-5-6-11-22(17)30-2/h5-6,8,11,14-15,18H,3-4,7,9-10,12-13,16H2,1-2H3,(H,26,27)/t18-/m1/s1. The number of aromatic amines is 1. The molecule has 3 heterocycles. The smallest absolute Gasteiger partial charge is 0.274 e. The molecule has 0 spiro atoms. The summed E-state index contributed by atoms with van der Waals surface area (Å²) in [7, 11) is 1.67. The molecular weight excluding hydrogens is 392 g/mol. The van der Waals surface area contributed by atoms with E-state index in [1.807, 2.05) is 35.2 Å². The van der Waals surface area contributed by atoms with E-state index in [2.05, 4.69) is 22.1 Å². The zero-order valence-electron chi connectivity index (χ0n) is 18.3. The van der Waals surface area contributed by atoms with Gasteiger partial charge in [0, 0.05) is 30.8 Å². The van der Waals surface area contributed by atoms with Gasteiger partial charge in [0.1, 0.15) is 17.2 Å². The average molecular weight is 423 g/mol. The minimum atomic E-state index is -0.0236. The summed E-state index contributed by atoms with van der Waals surface area (Å²) in [5, 5.41) is 7.24. The number of carbonyl (C=O) groups excluding carboxylic acids is 1. The molecule has 1 saturated heterocycles. The Bertz CT molecular complexity index is 1010. The van der Waals surface area contributed by atoms with Crippen LogP contribution in [0.2, 0.25) is 0 Å². The number of hydrogen-bond donors (Lipinski definition) is 1. The zero-order valence-corrected chi connectivity index (χ0v) is 18.3. The molecule has 7 heteroatoms. The number of nitrogens with zero attached hydrogens (tertiary/aromatic N) is 3. The molecule has 1 amide bonds. The molecule has 1 fully saturated rings. The van der Waals surface area contributed by atoms with Crippen LogP contribution in [0.15, 0.2) is 40.9 Å². The Hall–Kier alpha value is -3.09. The highest BCUT2D eigenvalue weighted by atomic mass is 16.5. The lowest BCUT2D eigenvalue weighted by Crippen LogP contribution is -2.39. The Morgan fingerprint density at radius 1 is 1.35 bits per heavy atom. The van der Waals surface area contributed by atoms with Gasteiger partial charge >= 0.3 is 0 Å². The molecule has 7 nitrogen and oxygen atoms in total. The molecule has 1 aliphatic heterocycles. The summed E-state index contributed by atoms with van der Waals surface area (Å²) in [6.45, 7) is 3.49. The summed E-state index contributed by atoms with van der Waals surface area (Å²) in [6.07, 6.45) is 7.42. The van der Waals surface area contributed by atoms with Crippen LogP contribution in [0.4, 0.5) is 0 Å². The van der Waals surface area contributed by atoms with Crippen LogP contribution in [0.1, 0.15) is 71.9 Å². The van der Waals surface area contributed by atoms with E-state index in [1.54, 1.807) is 13.3 Å². The van der Waals surface area contributed by atoms with Crippen molar-refractivity contribution in [2.24, 2.45) is 0 Å². The molecule has 1 atom stereocenters. The number of para-hydroxylation sites is 1. The van der Waals surface area contributed by atoms with E-state index in [0.717, 1.165) is 61.4 Å². The number of amides is 1. The third kappa shape index (κ3) is 4.98. The quantitative estimate of drug-likeness (QED) is 0.583. The highest BCUT2D eigenvalue weighted by molar-refractivity contribution is 5.92. The number of nitrogens with one attached hydrogen (secondary N) is 1. The van der Waals surface area contributed by atoms with Crippen molar-refractivity contribution >= 4 is 5.91 Å². The lowest BCUT2D eigenvalue weighted by atomic mass is 9.97. The van der Waals surface area contributed by atoms with Crippen molar-refractivity contribution in [1.82, 2.24) is 20.1 Å². The Labute approximate surface area is 182 Å². The van der Waals surface area contributed by atoms with Gasteiger partial charge < -0.3 is 14.1 Å². The van der Waals surface area contributed by atoms with Crippen LogP contribution in [0, 0.1) is 0 Å². The maximum Gasteiger partial charge on any atom is 0.274 e. The second kappa shape index (κ2) is 9.81. The highest BCUT2D eigenvalue weighted by Gasteiger charge is 2.29. The molecule has 1 aromatic carbocycles. The van der Waals surface area contributed by atoms with Crippen LogP contribution >= 0.6 is 0 Å². The van der Waals surface area contributed by atoms with Crippen molar-refractivity contribution in [3.05, 3.63) is 65.1 Å². The molecule has 4 rings (SSSR count). The van der Waals surface area contributed by atoms with Crippen molar-refractivity contribution in [3.63, 3.8) is 0 Å². The summed E-state index contributed by atoms with van der Waals surface area (Å²) in [5.74, 6) is 2.42. The SMILES string of the molecule is CCCCc1cc(C(=O)N2CCC[C@@H](c3ncc(Cc4ccccc4OC)o3)C2)n[nH]1. The molecule has 31 heavy (non-hydrogen) atoms. The number of methoxy groups -OCH3 is 1. The van der Waals surface area contributed by atoms with Crippen LogP contribution < -0.4 is 4.74 Å². The second-order valence-electron chi connectivity index (χ2n) is 8.13. The average Bonchev–Trinajstić information content (AvgIpc) is 3.47. The molecule has 0 radical (unpaired) electrons. The summed E-state index contributed by atoms with van der Waals surface area (Å²) < 4.78 is 11.5. The minimum Gasteiger partial charge on any atom is -0.496 e. The van der Waals surface area contributed by atoms with Crippen molar-refractivity contribution < 1.29 is 13.9 Å². The maximum atomic E-state index is 13.0. The number of benzene rings is 1. The number of hydrogen-bond acceptors (Lipinski definition) is 5. The van der Waals surface area contributed by atoms with Crippen LogP contribution in [-0.2, 0) is 12.8 Å². The topological polar surface area (TPSA) is 84.2 Å². The number of likely N-dealkylation sites (tertiary alicyclic amines) is 1. The first-order valence-corrected chi connectivity index (χ1v) is 11.1. The van der Waals surface area contributed by atoms with Gasteiger partial charge in [-0.1, -0.05) is 31.5 Å². The van der Waals surface area contributed by atoms with Gasteiger partial charge in [-0.25, -0.2) is 4.98 Å². The third-order valence-corrected chi connectivity index (χ3v) is 5.84. The van der Waals surface area contributed by atoms with Gasteiger partial charge in [-0.15, -0.1) is 0 Å². The first-order chi connectivity index (χ1) is 15.2. The second-order valence-corrected chi connectivity index (χ2v) is 8.13. The molecule has 1 aliphatic rings. The highest BCUT2D eigenvalue weighted by Crippen LogP contribution is 2.29. The molecule has 164 valence electrons. The predicted octanol–water partition coefficient (Wildman–Crippen LogP) is 4.36. The van der Waals surface area contributed by atoms with E-state index >= 15 is 0 Å². The lowest BCUT2D eigenvalue weighted by Gasteiger charge is -2.30. The number of carbonyl (C=O) groups is 1.